The zero-order valence-electron chi connectivity index (χ0n) is 14.2. The van der Waals surface area contributed by atoms with Gasteiger partial charge in [-0.15, -0.1) is 0 Å². The molecule has 3 rings (SSSR count). The average Bonchev–Trinajstić information content (AvgIpc) is 2.80. The van der Waals surface area contributed by atoms with Gasteiger partial charge in [-0.05, 0) is 65.5 Å². The number of halogens is 1. The number of aryl methyl sites for hydroxylation is 4. The number of carbonyl (C=O) groups excluding carboxylic acids is 1. The first-order chi connectivity index (χ1) is 11.4. The summed E-state index contributed by atoms with van der Waals surface area (Å²) in [5.41, 5.74) is 5.67. The van der Waals surface area contributed by atoms with Gasteiger partial charge >= 0.3 is 0 Å². The molecule has 1 heterocycles. The summed E-state index contributed by atoms with van der Waals surface area (Å²) >= 11 is 5.10. The van der Waals surface area contributed by atoms with Crippen LogP contribution in [0.5, 0.6) is 0 Å². The minimum Gasteiger partial charge on any atom is -0.318 e. The van der Waals surface area contributed by atoms with Crippen LogP contribution in [-0.4, -0.2) is 10.5 Å². The maximum Gasteiger partial charge on any atom is 0.252 e. The highest BCUT2D eigenvalue weighted by Crippen LogP contribution is 2.25. The Morgan fingerprint density at radius 1 is 1.21 bits per heavy atom. The van der Waals surface area contributed by atoms with E-state index in [1.165, 1.54) is 16.9 Å². The molecule has 0 saturated heterocycles. The monoisotopic (exact) mass is 402 g/mol. The molecule has 24 heavy (non-hydrogen) atoms. The molecule has 0 unspecified atom stereocenters. The molecule has 124 valence electrons. The molecular weight excluding hydrogens is 384 g/mol. The van der Waals surface area contributed by atoms with Crippen LogP contribution in [0.2, 0.25) is 0 Å². The second-order valence-electron chi connectivity index (χ2n) is 6.09. The number of hydrogen-bond donors (Lipinski definition) is 0. The summed E-state index contributed by atoms with van der Waals surface area (Å²) < 4.78 is 4.09. The van der Waals surface area contributed by atoms with E-state index < -0.39 is 0 Å². The van der Waals surface area contributed by atoms with Crippen molar-refractivity contribution in [2.24, 2.45) is 12.0 Å². The fraction of sp³-hybridized carbons (Fsp3) is 0.263. The molecule has 0 N–H and O–H groups in total. The number of aromatic nitrogens is 1. The highest BCUT2D eigenvalue weighted by atomic mass is 79.9. The standard InChI is InChI=1S/C19H19BrN2OS/c1-11-8-12(2)14(13(3)9-11)10-17(23)21-19-22(4)18-15(20)6-5-7-16(18)24-19/h5-9H,10H2,1-4H3. The van der Waals surface area contributed by atoms with Crippen LogP contribution in [0.15, 0.2) is 39.8 Å². The molecule has 0 atom stereocenters. The van der Waals surface area contributed by atoms with Crippen molar-refractivity contribution in [2.45, 2.75) is 27.2 Å². The van der Waals surface area contributed by atoms with Crippen LogP contribution >= 0.6 is 27.3 Å². The molecule has 0 aliphatic rings. The SMILES string of the molecule is Cc1cc(C)c(CC(=O)N=c2sc3cccc(Br)c3n2C)c(C)c1. The summed E-state index contributed by atoms with van der Waals surface area (Å²) in [5, 5.41) is 0. The number of para-hydroxylation sites is 1. The maximum absolute atomic E-state index is 12.5. The van der Waals surface area contributed by atoms with Crippen LogP contribution in [0, 0.1) is 20.8 Å². The third-order valence-electron chi connectivity index (χ3n) is 4.16. The molecule has 0 saturated carbocycles. The van der Waals surface area contributed by atoms with Crippen molar-refractivity contribution in [3.63, 3.8) is 0 Å². The van der Waals surface area contributed by atoms with Gasteiger partial charge in [0.15, 0.2) is 4.80 Å². The Morgan fingerprint density at radius 3 is 2.50 bits per heavy atom. The van der Waals surface area contributed by atoms with Gasteiger partial charge < -0.3 is 4.57 Å². The first-order valence-corrected chi connectivity index (χ1v) is 9.36. The Hall–Kier alpha value is -1.72. The second kappa shape index (κ2) is 6.65. The predicted molar refractivity (Wildman–Crippen MR) is 103 cm³/mol. The predicted octanol–water partition coefficient (Wildman–Crippen LogP) is 4.60. The van der Waals surface area contributed by atoms with Gasteiger partial charge in [0.2, 0.25) is 0 Å². The summed E-state index contributed by atoms with van der Waals surface area (Å²) in [4.78, 5) is 17.6. The molecule has 1 amide bonds. The van der Waals surface area contributed by atoms with Crippen molar-refractivity contribution in [2.75, 3.05) is 0 Å². The van der Waals surface area contributed by atoms with E-state index in [-0.39, 0.29) is 5.91 Å². The Balaban J connectivity index is 2.00. The summed E-state index contributed by atoms with van der Waals surface area (Å²) in [5.74, 6) is -0.108. The van der Waals surface area contributed by atoms with Crippen molar-refractivity contribution >= 4 is 43.4 Å². The minimum absolute atomic E-state index is 0.108. The van der Waals surface area contributed by atoms with Crippen LogP contribution in [-0.2, 0) is 18.3 Å². The average molecular weight is 403 g/mol. The minimum atomic E-state index is -0.108. The zero-order chi connectivity index (χ0) is 17.4. The Bertz CT molecular complexity index is 991. The van der Waals surface area contributed by atoms with E-state index in [0.717, 1.165) is 36.2 Å². The molecule has 0 radical (unpaired) electrons. The first kappa shape index (κ1) is 17.1. The molecule has 2 aromatic carbocycles. The Labute approximate surface area is 153 Å². The summed E-state index contributed by atoms with van der Waals surface area (Å²) in [6.07, 6.45) is 0.341. The largest absolute Gasteiger partial charge is 0.318 e. The van der Waals surface area contributed by atoms with Gasteiger partial charge in [-0.2, -0.15) is 4.99 Å². The van der Waals surface area contributed by atoms with E-state index >= 15 is 0 Å². The number of fused-ring (bicyclic) bond motifs is 1. The molecule has 0 aliphatic heterocycles. The summed E-state index contributed by atoms with van der Waals surface area (Å²) in [6, 6.07) is 10.3. The lowest BCUT2D eigenvalue weighted by Crippen LogP contribution is -2.15. The third kappa shape index (κ3) is 3.23. The van der Waals surface area contributed by atoms with Crippen LogP contribution in [0.4, 0.5) is 0 Å². The van der Waals surface area contributed by atoms with Gasteiger partial charge in [0, 0.05) is 11.5 Å². The number of rotatable bonds is 2. The Kier molecular flexibility index (Phi) is 4.74. The molecule has 1 aromatic heterocycles. The van der Waals surface area contributed by atoms with E-state index in [2.05, 4.69) is 53.8 Å². The lowest BCUT2D eigenvalue weighted by Gasteiger charge is -2.09. The molecule has 0 aliphatic carbocycles. The number of nitrogens with zero attached hydrogens (tertiary/aromatic N) is 2. The fourth-order valence-electron chi connectivity index (χ4n) is 3.05. The van der Waals surface area contributed by atoms with Crippen molar-refractivity contribution in [1.29, 1.82) is 0 Å². The lowest BCUT2D eigenvalue weighted by molar-refractivity contribution is -0.117. The molecule has 0 spiro atoms. The molecule has 0 fully saturated rings. The van der Waals surface area contributed by atoms with Gasteiger partial charge in [0.05, 0.1) is 16.6 Å². The van der Waals surface area contributed by atoms with Crippen molar-refractivity contribution in [3.05, 3.63) is 61.9 Å². The van der Waals surface area contributed by atoms with E-state index in [4.69, 9.17) is 0 Å². The van der Waals surface area contributed by atoms with E-state index in [1.54, 1.807) is 0 Å². The molecule has 5 heteroatoms. The number of carbonyl (C=O) groups is 1. The smallest absolute Gasteiger partial charge is 0.252 e. The van der Waals surface area contributed by atoms with Gasteiger partial charge in [-0.1, -0.05) is 35.1 Å². The van der Waals surface area contributed by atoms with Crippen molar-refractivity contribution in [1.82, 2.24) is 4.57 Å². The van der Waals surface area contributed by atoms with Crippen LogP contribution in [0.3, 0.4) is 0 Å². The molecule has 0 bridgehead atoms. The third-order valence-corrected chi connectivity index (χ3v) is 5.90. The fourth-order valence-corrected chi connectivity index (χ4v) is 4.88. The highest BCUT2D eigenvalue weighted by molar-refractivity contribution is 9.10. The molecule has 3 aromatic rings. The van der Waals surface area contributed by atoms with Crippen LogP contribution < -0.4 is 4.80 Å². The Morgan fingerprint density at radius 2 is 1.88 bits per heavy atom. The van der Waals surface area contributed by atoms with Crippen molar-refractivity contribution < 1.29 is 4.79 Å². The van der Waals surface area contributed by atoms with Gasteiger partial charge in [-0.25, -0.2) is 0 Å². The normalized spacial score (nSPS) is 12.1. The van der Waals surface area contributed by atoms with E-state index in [0.29, 0.717) is 6.42 Å². The van der Waals surface area contributed by atoms with Gasteiger partial charge in [0.1, 0.15) is 0 Å². The zero-order valence-corrected chi connectivity index (χ0v) is 16.6. The topological polar surface area (TPSA) is 34.4 Å². The lowest BCUT2D eigenvalue weighted by atomic mass is 9.97. The van der Waals surface area contributed by atoms with Crippen molar-refractivity contribution in [3.8, 4) is 0 Å². The quantitative estimate of drug-likeness (QED) is 0.616. The number of thiazole rings is 1. The van der Waals surface area contributed by atoms with E-state index in [9.17, 15) is 4.79 Å². The second-order valence-corrected chi connectivity index (χ2v) is 7.95. The van der Waals surface area contributed by atoms with E-state index in [1.807, 2.05) is 29.8 Å². The molecular formula is C19H19BrN2OS. The number of benzene rings is 2. The highest BCUT2D eigenvalue weighted by Gasteiger charge is 2.11. The number of hydrogen-bond acceptors (Lipinski definition) is 2. The molecule has 3 nitrogen and oxygen atoms in total. The summed E-state index contributed by atoms with van der Waals surface area (Å²) in [6.45, 7) is 6.18. The summed E-state index contributed by atoms with van der Waals surface area (Å²) in [7, 11) is 1.94. The van der Waals surface area contributed by atoms with Gasteiger partial charge in [-0.3, -0.25) is 4.79 Å². The first-order valence-electron chi connectivity index (χ1n) is 7.75. The van der Waals surface area contributed by atoms with Crippen LogP contribution in [0.25, 0.3) is 10.2 Å². The van der Waals surface area contributed by atoms with Crippen LogP contribution in [0.1, 0.15) is 22.3 Å². The van der Waals surface area contributed by atoms with Gasteiger partial charge in [0.25, 0.3) is 5.91 Å². The number of amides is 1. The maximum atomic E-state index is 12.5.